The van der Waals surface area contributed by atoms with Gasteiger partial charge in [-0.1, -0.05) is 34.1 Å². The molecule has 0 aromatic heterocycles. The van der Waals surface area contributed by atoms with E-state index in [0.717, 1.165) is 42.1 Å². The predicted molar refractivity (Wildman–Crippen MR) is 110 cm³/mol. The Morgan fingerprint density at radius 1 is 0.846 bits per heavy atom. The van der Waals surface area contributed by atoms with E-state index in [1.165, 1.54) is 51.4 Å². The quantitative estimate of drug-likeness (QED) is 0.479. The van der Waals surface area contributed by atoms with Gasteiger partial charge in [-0.25, -0.2) is 0 Å². The van der Waals surface area contributed by atoms with Gasteiger partial charge in [0.15, 0.2) is 0 Å². The van der Waals surface area contributed by atoms with Crippen molar-refractivity contribution >= 4 is 0 Å². The van der Waals surface area contributed by atoms with Crippen LogP contribution in [0.1, 0.15) is 105 Å². The monoisotopic (exact) mass is 360 g/mol. The molecule has 5 aliphatic rings. The summed E-state index contributed by atoms with van der Waals surface area (Å²) in [6, 6.07) is 0. The summed E-state index contributed by atoms with van der Waals surface area (Å²) in [5.41, 5.74) is 1.03. The second-order valence-corrected chi connectivity index (χ2v) is 10.5. The lowest BCUT2D eigenvalue weighted by molar-refractivity contribution is -0.112. The van der Waals surface area contributed by atoms with E-state index in [-0.39, 0.29) is 0 Å². The first-order valence-corrected chi connectivity index (χ1v) is 12.3. The molecule has 1 spiro atoms. The zero-order chi connectivity index (χ0) is 18.4. The Morgan fingerprint density at radius 3 is 2.38 bits per heavy atom. The van der Waals surface area contributed by atoms with Gasteiger partial charge >= 0.3 is 0 Å². The average molecular weight is 361 g/mol. The molecule has 0 amide bonds. The minimum absolute atomic E-state index is 0.331. The smallest absolute Gasteiger partial charge is 0.0686 e. The third-order valence-electron chi connectivity index (χ3n) is 9.96. The molecule has 1 heteroatoms. The molecule has 1 heterocycles. The van der Waals surface area contributed by atoms with Gasteiger partial charge in [0.2, 0.25) is 0 Å². The lowest BCUT2D eigenvalue weighted by atomic mass is 9.49. The summed E-state index contributed by atoms with van der Waals surface area (Å²) in [5, 5.41) is 0. The van der Waals surface area contributed by atoms with Crippen LogP contribution < -0.4 is 0 Å². The Hall–Kier alpha value is -0.0400. The van der Waals surface area contributed by atoms with Gasteiger partial charge in [0.05, 0.1) is 5.60 Å². The van der Waals surface area contributed by atoms with E-state index in [2.05, 4.69) is 13.8 Å². The molecule has 1 aliphatic heterocycles. The maximum atomic E-state index is 6.28. The highest BCUT2D eigenvalue weighted by Crippen LogP contribution is 2.65. The SMILES string of the molecule is CC.CCC1CCC2C3CCC4CC5(CCCO5)CCC4C3CCC12C. The molecule has 0 aromatic rings. The van der Waals surface area contributed by atoms with Gasteiger partial charge in [-0.15, -0.1) is 0 Å². The van der Waals surface area contributed by atoms with Crippen molar-refractivity contribution in [3.63, 3.8) is 0 Å². The van der Waals surface area contributed by atoms with Crippen molar-refractivity contribution in [2.75, 3.05) is 6.61 Å². The lowest BCUT2D eigenvalue weighted by Crippen LogP contribution is -2.50. The van der Waals surface area contributed by atoms with Crippen LogP contribution in [0.15, 0.2) is 0 Å². The van der Waals surface area contributed by atoms with E-state index in [9.17, 15) is 0 Å². The molecule has 0 aromatic carbocycles. The number of ether oxygens (including phenoxy) is 1. The summed E-state index contributed by atoms with van der Waals surface area (Å²) in [6.45, 7) is 10.2. The minimum atomic E-state index is 0.331. The fraction of sp³-hybridized carbons (Fsp3) is 1.00. The van der Waals surface area contributed by atoms with E-state index in [1.54, 1.807) is 25.7 Å². The van der Waals surface area contributed by atoms with Crippen LogP contribution in [0.2, 0.25) is 0 Å². The molecule has 8 atom stereocenters. The second-order valence-electron chi connectivity index (χ2n) is 10.5. The van der Waals surface area contributed by atoms with Gasteiger partial charge in [-0.2, -0.15) is 0 Å². The lowest BCUT2D eigenvalue weighted by Gasteiger charge is -2.57. The standard InChI is InChI=1S/C23H38O.C2H6/c1-3-17-6-8-21-20-7-5-16-15-23(11-4-14-24-23)13-10-18(16)19(20)9-12-22(17,21)2;1-2/h16-21H,3-15H2,1-2H3;1-2H3. The van der Waals surface area contributed by atoms with Gasteiger partial charge in [-0.05, 0) is 112 Å². The van der Waals surface area contributed by atoms with E-state index < -0.39 is 0 Å². The van der Waals surface area contributed by atoms with Gasteiger partial charge in [0.25, 0.3) is 0 Å². The van der Waals surface area contributed by atoms with Crippen molar-refractivity contribution in [2.45, 2.75) is 110 Å². The highest BCUT2D eigenvalue weighted by molar-refractivity contribution is 5.07. The molecular formula is C25H44O. The third kappa shape index (κ3) is 2.90. The van der Waals surface area contributed by atoms with Crippen LogP contribution in [0.3, 0.4) is 0 Å². The van der Waals surface area contributed by atoms with Gasteiger partial charge in [0.1, 0.15) is 0 Å². The first-order chi connectivity index (χ1) is 12.7. The van der Waals surface area contributed by atoms with E-state index in [0.29, 0.717) is 11.0 Å². The summed E-state index contributed by atoms with van der Waals surface area (Å²) >= 11 is 0. The molecule has 1 nitrogen and oxygen atoms in total. The zero-order valence-electron chi connectivity index (χ0n) is 18.1. The Bertz CT molecular complexity index is 479. The maximum Gasteiger partial charge on any atom is 0.0686 e. The second kappa shape index (κ2) is 7.41. The van der Waals surface area contributed by atoms with Crippen LogP contribution in [0, 0.1) is 40.9 Å². The largest absolute Gasteiger partial charge is 0.375 e. The number of fused-ring (bicyclic) bond motifs is 5. The van der Waals surface area contributed by atoms with E-state index in [1.807, 2.05) is 13.8 Å². The van der Waals surface area contributed by atoms with Crippen LogP contribution in [-0.4, -0.2) is 12.2 Å². The summed E-state index contributed by atoms with van der Waals surface area (Å²) in [7, 11) is 0. The highest BCUT2D eigenvalue weighted by Gasteiger charge is 2.57. The Kier molecular flexibility index (Phi) is 5.50. The van der Waals surface area contributed by atoms with Crippen molar-refractivity contribution in [2.24, 2.45) is 40.9 Å². The third-order valence-corrected chi connectivity index (χ3v) is 9.96. The molecule has 0 N–H and O–H groups in total. The highest BCUT2D eigenvalue weighted by atomic mass is 16.5. The van der Waals surface area contributed by atoms with E-state index >= 15 is 0 Å². The number of rotatable bonds is 1. The molecule has 26 heavy (non-hydrogen) atoms. The van der Waals surface area contributed by atoms with Crippen LogP contribution in [-0.2, 0) is 4.74 Å². The first kappa shape index (κ1) is 19.3. The first-order valence-electron chi connectivity index (χ1n) is 12.3. The number of hydrogen-bond acceptors (Lipinski definition) is 1. The Labute approximate surface area is 163 Å². The molecule has 150 valence electrons. The predicted octanol–water partition coefficient (Wildman–Crippen LogP) is 7.24. The fourth-order valence-electron chi connectivity index (χ4n) is 8.84. The number of hydrogen-bond donors (Lipinski definition) is 0. The van der Waals surface area contributed by atoms with Gasteiger partial charge in [0, 0.05) is 6.61 Å². The van der Waals surface area contributed by atoms with Gasteiger partial charge in [-0.3, -0.25) is 0 Å². The summed E-state index contributed by atoms with van der Waals surface area (Å²) in [4.78, 5) is 0. The van der Waals surface area contributed by atoms with Crippen LogP contribution in [0.5, 0.6) is 0 Å². The summed E-state index contributed by atoms with van der Waals surface area (Å²) in [5.74, 6) is 6.33. The molecule has 8 unspecified atom stereocenters. The molecule has 5 rings (SSSR count). The molecule has 5 fully saturated rings. The molecule has 4 saturated carbocycles. The van der Waals surface area contributed by atoms with Crippen molar-refractivity contribution in [1.29, 1.82) is 0 Å². The molecule has 0 radical (unpaired) electrons. The van der Waals surface area contributed by atoms with Crippen LogP contribution in [0.4, 0.5) is 0 Å². The average Bonchev–Trinajstić information content (AvgIpc) is 3.26. The topological polar surface area (TPSA) is 9.23 Å². The maximum absolute atomic E-state index is 6.28. The van der Waals surface area contributed by atoms with Crippen molar-refractivity contribution in [1.82, 2.24) is 0 Å². The van der Waals surface area contributed by atoms with Crippen LogP contribution >= 0.6 is 0 Å². The molecule has 0 bridgehead atoms. The Morgan fingerprint density at radius 2 is 1.65 bits per heavy atom. The Balaban J connectivity index is 0.000000814. The minimum Gasteiger partial charge on any atom is -0.375 e. The zero-order valence-corrected chi connectivity index (χ0v) is 18.1. The van der Waals surface area contributed by atoms with Crippen molar-refractivity contribution in [3.05, 3.63) is 0 Å². The summed E-state index contributed by atoms with van der Waals surface area (Å²) < 4.78 is 6.28. The normalized spacial score (nSPS) is 52.6. The van der Waals surface area contributed by atoms with E-state index in [4.69, 9.17) is 4.74 Å². The fourth-order valence-corrected chi connectivity index (χ4v) is 8.84. The molecule has 4 aliphatic carbocycles. The molecular weight excluding hydrogens is 316 g/mol. The van der Waals surface area contributed by atoms with Crippen LogP contribution in [0.25, 0.3) is 0 Å². The summed E-state index contributed by atoms with van der Waals surface area (Å²) in [6.07, 6.45) is 17.7. The molecule has 1 saturated heterocycles. The van der Waals surface area contributed by atoms with Crippen molar-refractivity contribution < 1.29 is 4.74 Å². The van der Waals surface area contributed by atoms with Gasteiger partial charge < -0.3 is 4.74 Å². The van der Waals surface area contributed by atoms with Crippen molar-refractivity contribution in [3.8, 4) is 0 Å².